The number of rotatable bonds is 7. The summed E-state index contributed by atoms with van der Waals surface area (Å²) < 4.78 is 62.5. The van der Waals surface area contributed by atoms with Crippen molar-refractivity contribution in [3.63, 3.8) is 0 Å². The molecule has 280 valence electrons. The first-order valence-corrected chi connectivity index (χ1v) is 19.4. The standard InChI is InChI=1S/C40H44F3N5O4S/c1-22(2)53-45-38(49)24-10-14-31-32(18-24)48-19-26(16-25-17-27(51-4)13-15-30(25)36(48)33(31)23-8-6-5-7-9-23)35-34(37(40(41,42)43)44-46(35)3)39(50)47-20-28-11-12-29(21-47)52-28/h10,13-18,22-23,28-29H,5-9,11-12,19-21H2,1-4H3,(H,45,49). The van der Waals surface area contributed by atoms with Crippen molar-refractivity contribution in [2.24, 2.45) is 7.05 Å². The number of amides is 2. The van der Waals surface area contributed by atoms with Crippen molar-refractivity contribution >= 4 is 46.3 Å². The number of hydrogen-bond donors (Lipinski definition) is 1. The van der Waals surface area contributed by atoms with Crippen LogP contribution in [-0.4, -0.2) is 68.7 Å². The van der Waals surface area contributed by atoms with Crippen molar-refractivity contribution in [3.8, 4) is 17.0 Å². The van der Waals surface area contributed by atoms with Gasteiger partial charge in [-0.1, -0.05) is 39.2 Å². The van der Waals surface area contributed by atoms with Gasteiger partial charge in [0.25, 0.3) is 11.8 Å². The summed E-state index contributed by atoms with van der Waals surface area (Å²) in [5.41, 5.74) is 4.11. The fourth-order valence-corrected chi connectivity index (χ4v) is 9.25. The van der Waals surface area contributed by atoms with E-state index >= 15 is 0 Å². The number of aryl methyl sites for hydroxylation is 1. The van der Waals surface area contributed by atoms with Crippen molar-refractivity contribution in [1.29, 1.82) is 0 Å². The van der Waals surface area contributed by atoms with Crippen molar-refractivity contribution in [3.05, 3.63) is 70.0 Å². The third kappa shape index (κ3) is 6.53. The summed E-state index contributed by atoms with van der Waals surface area (Å²) in [5, 5.41) is 5.21. The van der Waals surface area contributed by atoms with Gasteiger partial charge in [-0.2, -0.15) is 18.3 Å². The van der Waals surface area contributed by atoms with Crippen LogP contribution >= 0.6 is 11.9 Å². The van der Waals surface area contributed by atoms with Crippen LogP contribution in [0.3, 0.4) is 0 Å². The van der Waals surface area contributed by atoms with E-state index in [0.29, 0.717) is 16.9 Å². The van der Waals surface area contributed by atoms with E-state index in [2.05, 4.69) is 14.4 Å². The van der Waals surface area contributed by atoms with Crippen LogP contribution in [0.1, 0.15) is 108 Å². The van der Waals surface area contributed by atoms with Crippen LogP contribution in [0.25, 0.3) is 33.8 Å². The molecule has 8 rings (SSSR count). The molecule has 2 aromatic heterocycles. The number of morpholine rings is 1. The molecule has 2 unspecified atom stereocenters. The Morgan fingerprint density at radius 3 is 2.42 bits per heavy atom. The summed E-state index contributed by atoms with van der Waals surface area (Å²) in [5.74, 6) is -0.0502. The van der Waals surface area contributed by atoms with E-state index in [-0.39, 0.29) is 54.6 Å². The maximum Gasteiger partial charge on any atom is 0.435 e. The molecule has 2 amide bonds. The lowest BCUT2D eigenvalue weighted by Gasteiger charge is -2.32. The second-order valence-electron chi connectivity index (χ2n) is 15.0. The largest absolute Gasteiger partial charge is 0.497 e. The number of halogens is 3. The van der Waals surface area contributed by atoms with Gasteiger partial charge < -0.3 is 18.9 Å². The number of alkyl halides is 3. The molecule has 0 radical (unpaired) electrons. The molecule has 2 bridgehead atoms. The molecule has 13 heteroatoms. The molecule has 1 N–H and O–H groups in total. The Morgan fingerprint density at radius 1 is 1.00 bits per heavy atom. The van der Waals surface area contributed by atoms with E-state index in [1.54, 1.807) is 7.11 Å². The summed E-state index contributed by atoms with van der Waals surface area (Å²) in [6.07, 6.45) is 3.58. The van der Waals surface area contributed by atoms with Gasteiger partial charge in [0.2, 0.25) is 0 Å². The van der Waals surface area contributed by atoms with Crippen LogP contribution in [0.4, 0.5) is 13.2 Å². The molecule has 2 atom stereocenters. The molecule has 5 heterocycles. The molecule has 9 nitrogen and oxygen atoms in total. The Morgan fingerprint density at radius 2 is 1.74 bits per heavy atom. The third-order valence-corrected chi connectivity index (χ3v) is 11.9. The number of nitrogens with one attached hydrogen (secondary N) is 1. The number of ether oxygens (including phenoxy) is 2. The lowest BCUT2D eigenvalue weighted by Crippen LogP contribution is -2.46. The number of benzene rings is 2. The molecule has 4 aromatic rings. The van der Waals surface area contributed by atoms with Gasteiger partial charge in [0.1, 0.15) is 5.75 Å². The summed E-state index contributed by atoms with van der Waals surface area (Å²) in [4.78, 5) is 29.3. The summed E-state index contributed by atoms with van der Waals surface area (Å²) in [6, 6.07) is 11.6. The Bertz CT molecular complexity index is 2120. The van der Waals surface area contributed by atoms with E-state index in [9.17, 15) is 22.8 Å². The average molecular weight is 748 g/mol. The van der Waals surface area contributed by atoms with Gasteiger partial charge in [-0.25, -0.2) is 0 Å². The number of carbonyl (C=O) groups excluding carboxylic acids is 2. The maximum atomic E-state index is 14.9. The second-order valence-corrected chi connectivity index (χ2v) is 16.4. The minimum Gasteiger partial charge on any atom is -0.497 e. The first kappa shape index (κ1) is 35.8. The summed E-state index contributed by atoms with van der Waals surface area (Å²) in [6.45, 7) is 4.62. The van der Waals surface area contributed by atoms with Crippen molar-refractivity contribution < 1.29 is 32.2 Å². The van der Waals surface area contributed by atoms with E-state index in [0.717, 1.165) is 66.2 Å². The number of fused-ring (bicyclic) bond motifs is 7. The minimum atomic E-state index is -4.87. The van der Waals surface area contributed by atoms with Crippen LogP contribution in [-0.2, 0) is 24.5 Å². The predicted octanol–water partition coefficient (Wildman–Crippen LogP) is 8.46. The van der Waals surface area contributed by atoms with Crippen LogP contribution in [0.5, 0.6) is 5.75 Å². The van der Waals surface area contributed by atoms with Gasteiger partial charge in [-0.05, 0) is 96.7 Å². The number of hydrogen-bond acceptors (Lipinski definition) is 6. The zero-order chi connectivity index (χ0) is 37.2. The Balaban J connectivity index is 1.36. The lowest BCUT2D eigenvalue weighted by atomic mass is 9.81. The Labute approximate surface area is 311 Å². The summed E-state index contributed by atoms with van der Waals surface area (Å²) >= 11 is 1.34. The lowest BCUT2D eigenvalue weighted by molar-refractivity contribution is -0.141. The van der Waals surface area contributed by atoms with Crippen molar-refractivity contribution in [1.82, 2.24) is 24.0 Å². The maximum absolute atomic E-state index is 14.9. The quantitative estimate of drug-likeness (QED) is 0.191. The average Bonchev–Trinajstić information content (AvgIpc) is 3.75. The number of methoxy groups -OCH3 is 1. The number of likely N-dealkylation sites (tertiary alicyclic amines) is 1. The van der Waals surface area contributed by atoms with Gasteiger partial charge in [-0.3, -0.25) is 19.0 Å². The normalized spacial score (nSPS) is 20.3. The summed E-state index contributed by atoms with van der Waals surface area (Å²) in [7, 11) is 3.06. The molecule has 1 saturated carbocycles. The van der Waals surface area contributed by atoms with Gasteiger partial charge in [0.05, 0.1) is 42.8 Å². The van der Waals surface area contributed by atoms with E-state index in [1.807, 2.05) is 56.3 Å². The van der Waals surface area contributed by atoms with E-state index in [1.165, 1.54) is 40.6 Å². The molecule has 2 saturated heterocycles. The molecule has 3 aliphatic heterocycles. The molecule has 4 aliphatic rings. The molecule has 2 aromatic carbocycles. The fraction of sp³-hybridized carbons (Fsp3) is 0.475. The van der Waals surface area contributed by atoms with E-state index < -0.39 is 23.3 Å². The highest BCUT2D eigenvalue weighted by molar-refractivity contribution is 7.98. The molecule has 0 spiro atoms. The second kappa shape index (κ2) is 13.9. The van der Waals surface area contributed by atoms with Gasteiger partial charge in [0.15, 0.2) is 5.69 Å². The van der Waals surface area contributed by atoms with Crippen LogP contribution in [0.15, 0.2) is 36.4 Å². The van der Waals surface area contributed by atoms with Crippen LogP contribution in [0, 0.1) is 0 Å². The van der Waals surface area contributed by atoms with Gasteiger partial charge >= 0.3 is 6.18 Å². The zero-order valence-corrected chi connectivity index (χ0v) is 31.2. The molecular weight excluding hydrogens is 704 g/mol. The van der Waals surface area contributed by atoms with Crippen molar-refractivity contribution in [2.75, 3.05) is 20.2 Å². The smallest absolute Gasteiger partial charge is 0.435 e. The number of aromatic nitrogens is 3. The van der Waals surface area contributed by atoms with Gasteiger partial charge in [-0.15, -0.1) is 0 Å². The topological polar surface area (TPSA) is 90.6 Å². The third-order valence-electron chi connectivity index (χ3n) is 11.1. The van der Waals surface area contributed by atoms with Crippen LogP contribution in [0.2, 0.25) is 0 Å². The predicted molar refractivity (Wildman–Crippen MR) is 200 cm³/mol. The number of carbonyl (C=O) groups is 2. The minimum absolute atomic E-state index is 0.117. The highest BCUT2D eigenvalue weighted by Crippen LogP contribution is 2.48. The first-order valence-electron chi connectivity index (χ1n) is 18.5. The first-order chi connectivity index (χ1) is 25.4. The molecular formula is C40H44F3N5O4S. The highest BCUT2D eigenvalue weighted by Gasteiger charge is 2.45. The SMILES string of the molecule is COc1ccc2c(c1)C=C(c1c(C(=O)N3CC4CCC(C3)O4)c(C(F)(F)F)nn1C)Cn1c-2c(C2CCCCC2)c2ccc(C(=O)NSC(C)C)cc21. The number of allylic oxidation sites excluding steroid dienone is 1. The van der Waals surface area contributed by atoms with E-state index in [4.69, 9.17) is 9.47 Å². The number of nitrogens with zero attached hydrogens (tertiary/aromatic N) is 4. The fourth-order valence-electron chi connectivity index (χ4n) is 8.79. The Kier molecular flexibility index (Phi) is 9.37. The van der Waals surface area contributed by atoms with Crippen LogP contribution < -0.4 is 9.46 Å². The van der Waals surface area contributed by atoms with Gasteiger partial charge in [0, 0.05) is 47.4 Å². The monoisotopic (exact) mass is 747 g/mol. The molecule has 53 heavy (non-hydrogen) atoms. The zero-order valence-electron chi connectivity index (χ0n) is 30.4. The highest BCUT2D eigenvalue weighted by atomic mass is 32.2. The molecule has 3 fully saturated rings. The van der Waals surface area contributed by atoms with Crippen molar-refractivity contribution in [2.45, 2.75) is 94.9 Å². The Hall–Kier alpha value is -4.23. The molecule has 1 aliphatic carbocycles.